The molecule has 1 aromatic carbocycles. The highest BCUT2D eigenvalue weighted by molar-refractivity contribution is 6.22. The largest absolute Gasteiger partial charge is 0.207 e. The molecule has 1 atom stereocenters. The van der Waals surface area contributed by atoms with E-state index in [1.807, 2.05) is 6.07 Å². The van der Waals surface area contributed by atoms with Gasteiger partial charge in [-0.2, -0.15) is 0 Å². The second-order valence-corrected chi connectivity index (χ2v) is 5.82. The lowest BCUT2D eigenvalue weighted by Crippen LogP contribution is -2.21. The molecule has 1 aromatic rings. The van der Waals surface area contributed by atoms with Gasteiger partial charge >= 0.3 is 0 Å². The van der Waals surface area contributed by atoms with Gasteiger partial charge in [0.1, 0.15) is 5.82 Å². The van der Waals surface area contributed by atoms with Crippen LogP contribution in [0.15, 0.2) is 30.3 Å². The fourth-order valence-electron chi connectivity index (χ4n) is 2.34. The molecule has 0 spiro atoms. The van der Waals surface area contributed by atoms with E-state index in [1.54, 1.807) is 12.1 Å². The Morgan fingerprint density at radius 3 is 2.75 bits per heavy atom. The van der Waals surface area contributed by atoms with Crippen LogP contribution in [0.4, 0.5) is 4.39 Å². The molecular formula is C14H16ClF. The Morgan fingerprint density at radius 2 is 2.12 bits per heavy atom. The minimum Gasteiger partial charge on any atom is -0.207 e. The fraction of sp³-hybridized carbons (Fsp3) is 0.429. The van der Waals surface area contributed by atoms with Crippen LogP contribution in [0.1, 0.15) is 32.3 Å². The molecule has 0 nitrogen and oxygen atoms in total. The van der Waals surface area contributed by atoms with Crippen molar-refractivity contribution in [2.75, 3.05) is 0 Å². The average Bonchev–Trinajstić information content (AvgIpc) is 2.14. The first-order valence-corrected chi connectivity index (χ1v) is 6.01. The summed E-state index contributed by atoms with van der Waals surface area (Å²) in [5.74, 6) is -0.187. The van der Waals surface area contributed by atoms with Gasteiger partial charge in [-0.1, -0.05) is 32.1 Å². The molecule has 0 saturated heterocycles. The summed E-state index contributed by atoms with van der Waals surface area (Å²) in [6, 6.07) is 6.74. The number of hydrogen-bond acceptors (Lipinski definition) is 0. The summed E-state index contributed by atoms with van der Waals surface area (Å²) in [5.41, 5.74) is 2.32. The van der Waals surface area contributed by atoms with Crippen molar-refractivity contribution < 1.29 is 4.39 Å². The summed E-state index contributed by atoms with van der Waals surface area (Å²) < 4.78 is 13.2. The molecule has 2 rings (SSSR count). The van der Waals surface area contributed by atoms with E-state index in [-0.39, 0.29) is 16.6 Å². The number of allylic oxidation sites excluding steroid dienone is 2. The molecule has 0 N–H and O–H groups in total. The second kappa shape index (κ2) is 4.21. The van der Waals surface area contributed by atoms with Gasteiger partial charge in [-0.05, 0) is 41.5 Å². The molecule has 0 fully saturated rings. The predicted molar refractivity (Wildman–Crippen MR) is 67.0 cm³/mol. The first-order valence-electron chi connectivity index (χ1n) is 5.57. The highest BCUT2D eigenvalue weighted by atomic mass is 35.5. The lowest BCUT2D eigenvalue weighted by molar-refractivity contribution is 0.340. The van der Waals surface area contributed by atoms with Crippen molar-refractivity contribution in [1.29, 1.82) is 0 Å². The Balaban J connectivity index is 2.34. The zero-order valence-corrected chi connectivity index (χ0v) is 10.4. The van der Waals surface area contributed by atoms with E-state index in [2.05, 4.69) is 19.9 Å². The van der Waals surface area contributed by atoms with Gasteiger partial charge in [0.2, 0.25) is 0 Å². The predicted octanol–water partition coefficient (Wildman–Crippen LogP) is 4.64. The van der Waals surface area contributed by atoms with Gasteiger partial charge in [-0.25, -0.2) is 4.39 Å². The van der Waals surface area contributed by atoms with Gasteiger partial charge in [0.05, 0.1) is 5.38 Å². The van der Waals surface area contributed by atoms with E-state index >= 15 is 0 Å². The van der Waals surface area contributed by atoms with Crippen molar-refractivity contribution in [3.63, 3.8) is 0 Å². The molecular weight excluding hydrogens is 223 g/mol. The molecule has 0 radical (unpaired) electrons. The molecule has 86 valence electrons. The quantitative estimate of drug-likeness (QED) is 0.626. The Kier molecular flexibility index (Phi) is 3.07. The fourth-order valence-corrected chi connectivity index (χ4v) is 2.91. The molecule has 1 unspecified atom stereocenters. The summed E-state index contributed by atoms with van der Waals surface area (Å²) in [4.78, 5) is 0. The van der Waals surface area contributed by atoms with Crippen LogP contribution in [0.5, 0.6) is 0 Å². The van der Waals surface area contributed by atoms with Gasteiger partial charge in [0, 0.05) is 0 Å². The number of halogens is 2. The van der Waals surface area contributed by atoms with Gasteiger partial charge in [0.25, 0.3) is 0 Å². The molecule has 16 heavy (non-hydrogen) atoms. The summed E-state index contributed by atoms with van der Waals surface area (Å²) in [5, 5.41) is 0.0574. The molecule has 0 bridgehead atoms. The van der Waals surface area contributed by atoms with Crippen LogP contribution in [-0.4, -0.2) is 5.38 Å². The maximum atomic E-state index is 13.2. The Morgan fingerprint density at radius 1 is 1.38 bits per heavy atom. The van der Waals surface area contributed by atoms with E-state index < -0.39 is 0 Å². The maximum Gasteiger partial charge on any atom is 0.123 e. The standard InChI is InChI=1S/C14H16ClF/c1-14(2)8-11(6-12(15)9-14)10-4-3-5-13(16)7-10/h3-7,12H,8-9H2,1-2H3. The first-order chi connectivity index (χ1) is 7.46. The van der Waals surface area contributed by atoms with Crippen LogP contribution in [0.3, 0.4) is 0 Å². The van der Waals surface area contributed by atoms with E-state index in [0.29, 0.717) is 0 Å². The Labute approximate surface area is 101 Å². The molecule has 1 aliphatic carbocycles. The van der Waals surface area contributed by atoms with Crippen molar-refractivity contribution >= 4 is 17.2 Å². The van der Waals surface area contributed by atoms with Crippen LogP contribution in [0.25, 0.3) is 5.57 Å². The third kappa shape index (κ3) is 2.65. The summed E-state index contributed by atoms with van der Waals surface area (Å²) in [6.45, 7) is 4.41. The van der Waals surface area contributed by atoms with Crippen molar-refractivity contribution in [3.05, 3.63) is 41.7 Å². The van der Waals surface area contributed by atoms with E-state index in [1.165, 1.54) is 6.07 Å². The molecule has 0 aromatic heterocycles. The van der Waals surface area contributed by atoms with Crippen molar-refractivity contribution in [2.24, 2.45) is 5.41 Å². The van der Waals surface area contributed by atoms with E-state index in [9.17, 15) is 4.39 Å². The SMILES string of the molecule is CC1(C)CC(c2cccc(F)c2)=CC(Cl)C1. The molecule has 1 aliphatic rings. The van der Waals surface area contributed by atoms with Crippen LogP contribution in [0.2, 0.25) is 0 Å². The van der Waals surface area contributed by atoms with E-state index in [4.69, 9.17) is 11.6 Å². The number of alkyl halides is 1. The summed E-state index contributed by atoms with van der Waals surface area (Å²) in [6.07, 6.45) is 3.99. The minimum absolute atomic E-state index is 0.0574. The van der Waals surface area contributed by atoms with Gasteiger partial charge in [-0.15, -0.1) is 11.6 Å². The van der Waals surface area contributed by atoms with Gasteiger partial charge in [-0.3, -0.25) is 0 Å². The normalized spacial score (nSPS) is 24.0. The Bertz CT molecular complexity index is 420. The Hall–Kier alpha value is -0.820. The highest BCUT2D eigenvalue weighted by Crippen LogP contribution is 2.41. The van der Waals surface area contributed by atoms with Crippen LogP contribution >= 0.6 is 11.6 Å². The highest BCUT2D eigenvalue weighted by Gasteiger charge is 2.28. The van der Waals surface area contributed by atoms with Crippen LogP contribution in [-0.2, 0) is 0 Å². The number of rotatable bonds is 1. The van der Waals surface area contributed by atoms with Crippen molar-refractivity contribution in [2.45, 2.75) is 32.1 Å². The van der Waals surface area contributed by atoms with Gasteiger partial charge < -0.3 is 0 Å². The van der Waals surface area contributed by atoms with E-state index in [0.717, 1.165) is 24.0 Å². The number of benzene rings is 1. The molecule has 2 heteroatoms. The summed E-state index contributed by atoms with van der Waals surface area (Å²) >= 11 is 6.22. The molecule has 0 aliphatic heterocycles. The zero-order valence-electron chi connectivity index (χ0n) is 9.63. The molecule has 0 amide bonds. The maximum absolute atomic E-state index is 13.2. The van der Waals surface area contributed by atoms with Gasteiger partial charge in [0.15, 0.2) is 0 Å². The number of hydrogen-bond donors (Lipinski definition) is 0. The second-order valence-electron chi connectivity index (χ2n) is 5.26. The lowest BCUT2D eigenvalue weighted by atomic mass is 9.75. The topological polar surface area (TPSA) is 0 Å². The van der Waals surface area contributed by atoms with Crippen LogP contribution in [0, 0.1) is 11.2 Å². The zero-order chi connectivity index (χ0) is 11.8. The monoisotopic (exact) mass is 238 g/mol. The third-order valence-corrected chi connectivity index (χ3v) is 3.27. The summed E-state index contributed by atoms with van der Waals surface area (Å²) in [7, 11) is 0. The van der Waals surface area contributed by atoms with Crippen LogP contribution < -0.4 is 0 Å². The smallest absolute Gasteiger partial charge is 0.123 e. The third-order valence-electron chi connectivity index (χ3n) is 2.99. The van der Waals surface area contributed by atoms with Crippen molar-refractivity contribution in [3.8, 4) is 0 Å². The minimum atomic E-state index is -0.187. The molecule has 0 saturated carbocycles. The average molecular weight is 239 g/mol. The van der Waals surface area contributed by atoms with Crippen molar-refractivity contribution in [1.82, 2.24) is 0 Å². The molecule has 0 heterocycles. The lowest BCUT2D eigenvalue weighted by Gasteiger charge is -2.32. The first kappa shape index (κ1) is 11.7.